The first-order chi connectivity index (χ1) is 11.5. The highest BCUT2D eigenvalue weighted by atomic mass is 15.2. The maximum Gasteiger partial charge on any atom is 0.0418 e. The van der Waals surface area contributed by atoms with Crippen molar-refractivity contribution in [2.24, 2.45) is 0 Å². The van der Waals surface area contributed by atoms with Crippen LogP contribution in [0.5, 0.6) is 0 Å². The van der Waals surface area contributed by atoms with E-state index in [1.165, 1.54) is 33.6 Å². The van der Waals surface area contributed by atoms with E-state index in [1.807, 2.05) is 0 Å². The molecule has 3 aromatic carbocycles. The molecule has 3 rings (SSSR count). The van der Waals surface area contributed by atoms with Crippen LogP contribution < -0.4 is 4.90 Å². The second kappa shape index (κ2) is 6.92. The van der Waals surface area contributed by atoms with Crippen molar-refractivity contribution in [3.63, 3.8) is 0 Å². The van der Waals surface area contributed by atoms with Gasteiger partial charge in [0.2, 0.25) is 0 Å². The molecule has 0 aromatic heterocycles. The van der Waals surface area contributed by atoms with Crippen LogP contribution in [-0.2, 0) is 0 Å². The molecule has 3 aromatic rings. The van der Waals surface area contributed by atoms with Gasteiger partial charge in [-0.2, -0.15) is 0 Å². The van der Waals surface area contributed by atoms with E-state index in [0.717, 1.165) is 0 Å². The topological polar surface area (TPSA) is 3.24 Å². The largest absolute Gasteiger partial charge is 0.339 e. The first-order valence-electron chi connectivity index (χ1n) is 8.57. The van der Waals surface area contributed by atoms with Crippen molar-refractivity contribution in [3.8, 4) is 11.1 Å². The summed E-state index contributed by atoms with van der Waals surface area (Å²) in [7, 11) is 0. The zero-order valence-electron chi connectivity index (χ0n) is 15.0. The standard InChI is InChI=1S/C23H25N/c1-17(2)24(23-15-18(3)14-19(4)16-23)22-12-10-21(11-13-22)20-8-6-5-7-9-20/h5-17H,1-4H3. The van der Waals surface area contributed by atoms with Crippen molar-refractivity contribution in [2.45, 2.75) is 33.7 Å². The van der Waals surface area contributed by atoms with Gasteiger partial charge in [-0.05, 0) is 74.2 Å². The molecule has 0 amide bonds. The van der Waals surface area contributed by atoms with Crippen molar-refractivity contribution in [2.75, 3.05) is 4.90 Å². The van der Waals surface area contributed by atoms with Crippen molar-refractivity contribution < 1.29 is 0 Å². The molecular formula is C23H25N. The SMILES string of the molecule is Cc1cc(C)cc(N(c2ccc(-c3ccccc3)cc2)C(C)C)c1. The molecule has 0 heterocycles. The summed E-state index contributed by atoms with van der Waals surface area (Å²) in [4.78, 5) is 2.40. The molecule has 0 spiro atoms. The number of benzene rings is 3. The normalized spacial score (nSPS) is 10.9. The van der Waals surface area contributed by atoms with Gasteiger partial charge in [-0.15, -0.1) is 0 Å². The van der Waals surface area contributed by atoms with Gasteiger partial charge in [0.15, 0.2) is 0 Å². The molecule has 0 bridgehead atoms. The highest BCUT2D eigenvalue weighted by Gasteiger charge is 2.14. The Kier molecular flexibility index (Phi) is 4.71. The Morgan fingerprint density at radius 1 is 0.625 bits per heavy atom. The maximum absolute atomic E-state index is 2.40. The second-order valence-electron chi connectivity index (χ2n) is 6.72. The summed E-state index contributed by atoms with van der Waals surface area (Å²) in [5, 5.41) is 0. The smallest absolute Gasteiger partial charge is 0.0418 e. The van der Waals surface area contributed by atoms with Crippen LogP contribution in [0.3, 0.4) is 0 Å². The minimum absolute atomic E-state index is 0.397. The second-order valence-corrected chi connectivity index (χ2v) is 6.72. The third-order valence-electron chi connectivity index (χ3n) is 4.25. The van der Waals surface area contributed by atoms with E-state index in [2.05, 4.69) is 105 Å². The summed E-state index contributed by atoms with van der Waals surface area (Å²) >= 11 is 0. The molecule has 0 fully saturated rings. The average Bonchev–Trinajstić information content (AvgIpc) is 2.55. The van der Waals surface area contributed by atoms with Gasteiger partial charge in [-0.25, -0.2) is 0 Å². The Labute approximate surface area is 145 Å². The molecule has 0 saturated heterocycles. The van der Waals surface area contributed by atoms with E-state index in [4.69, 9.17) is 0 Å². The summed E-state index contributed by atoms with van der Waals surface area (Å²) in [5.41, 5.74) is 7.60. The van der Waals surface area contributed by atoms with Gasteiger partial charge in [0.1, 0.15) is 0 Å². The van der Waals surface area contributed by atoms with Crippen molar-refractivity contribution >= 4 is 11.4 Å². The Bertz CT molecular complexity index is 781. The molecule has 0 aliphatic heterocycles. The molecule has 0 radical (unpaired) electrons. The monoisotopic (exact) mass is 315 g/mol. The van der Waals surface area contributed by atoms with Crippen molar-refractivity contribution in [3.05, 3.63) is 83.9 Å². The van der Waals surface area contributed by atoms with Crippen LogP contribution in [0.4, 0.5) is 11.4 Å². The summed E-state index contributed by atoms with van der Waals surface area (Å²) in [5.74, 6) is 0. The lowest BCUT2D eigenvalue weighted by molar-refractivity contribution is 0.788. The fraction of sp³-hybridized carbons (Fsp3) is 0.217. The average molecular weight is 315 g/mol. The van der Waals surface area contributed by atoms with Gasteiger partial charge in [0.05, 0.1) is 0 Å². The van der Waals surface area contributed by atoms with E-state index >= 15 is 0 Å². The quantitative estimate of drug-likeness (QED) is 0.530. The first kappa shape index (κ1) is 16.3. The van der Waals surface area contributed by atoms with Gasteiger partial charge in [0, 0.05) is 17.4 Å². The minimum Gasteiger partial charge on any atom is -0.339 e. The van der Waals surface area contributed by atoms with Gasteiger partial charge in [0.25, 0.3) is 0 Å². The fourth-order valence-electron chi connectivity index (χ4n) is 3.28. The van der Waals surface area contributed by atoms with E-state index in [-0.39, 0.29) is 0 Å². The predicted molar refractivity (Wildman–Crippen MR) is 105 cm³/mol. The molecule has 0 saturated carbocycles. The molecule has 0 aliphatic carbocycles. The molecular weight excluding hydrogens is 290 g/mol. The van der Waals surface area contributed by atoms with Crippen LogP contribution in [0.1, 0.15) is 25.0 Å². The van der Waals surface area contributed by atoms with E-state index in [0.29, 0.717) is 6.04 Å². The third kappa shape index (κ3) is 3.51. The first-order valence-corrected chi connectivity index (χ1v) is 8.57. The van der Waals surface area contributed by atoms with Gasteiger partial charge < -0.3 is 4.90 Å². The van der Waals surface area contributed by atoms with Crippen LogP contribution in [0, 0.1) is 13.8 Å². The maximum atomic E-state index is 2.40. The lowest BCUT2D eigenvalue weighted by atomic mass is 10.0. The van der Waals surface area contributed by atoms with E-state index in [9.17, 15) is 0 Å². The van der Waals surface area contributed by atoms with Crippen molar-refractivity contribution in [1.29, 1.82) is 0 Å². The number of hydrogen-bond acceptors (Lipinski definition) is 1. The zero-order valence-corrected chi connectivity index (χ0v) is 15.0. The summed E-state index contributed by atoms with van der Waals surface area (Å²) in [6, 6.07) is 26.5. The third-order valence-corrected chi connectivity index (χ3v) is 4.25. The molecule has 0 aliphatic rings. The van der Waals surface area contributed by atoms with E-state index < -0.39 is 0 Å². The van der Waals surface area contributed by atoms with Gasteiger partial charge in [-0.1, -0.05) is 48.5 Å². The fourth-order valence-corrected chi connectivity index (χ4v) is 3.28. The lowest BCUT2D eigenvalue weighted by Crippen LogP contribution is -2.25. The molecule has 0 N–H and O–H groups in total. The summed E-state index contributed by atoms with van der Waals surface area (Å²) < 4.78 is 0. The Morgan fingerprint density at radius 2 is 1.17 bits per heavy atom. The number of aryl methyl sites for hydroxylation is 2. The van der Waals surface area contributed by atoms with Gasteiger partial charge >= 0.3 is 0 Å². The van der Waals surface area contributed by atoms with Crippen LogP contribution >= 0.6 is 0 Å². The van der Waals surface area contributed by atoms with E-state index in [1.54, 1.807) is 0 Å². The molecule has 0 atom stereocenters. The molecule has 1 nitrogen and oxygen atoms in total. The summed E-state index contributed by atoms with van der Waals surface area (Å²) in [6.45, 7) is 8.80. The van der Waals surface area contributed by atoms with Crippen molar-refractivity contribution in [1.82, 2.24) is 0 Å². The number of nitrogens with zero attached hydrogens (tertiary/aromatic N) is 1. The van der Waals surface area contributed by atoms with Gasteiger partial charge in [-0.3, -0.25) is 0 Å². The Hall–Kier alpha value is -2.54. The van der Waals surface area contributed by atoms with Crippen LogP contribution in [0.15, 0.2) is 72.8 Å². The minimum atomic E-state index is 0.397. The number of rotatable bonds is 4. The predicted octanol–water partition coefficient (Wildman–Crippen LogP) is 6.52. The number of hydrogen-bond donors (Lipinski definition) is 0. The molecule has 1 heteroatoms. The van der Waals surface area contributed by atoms with Crippen LogP contribution in [-0.4, -0.2) is 6.04 Å². The Morgan fingerprint density at radius 3 is 1.71 bits per heavy atom. The van der Waals surface area contributed by atoms with Crippen LogP contribution in [0.2, 0.25) is 0 Å². The van der Waals surface area contributed by atoms with Crippen LogP contribution in [0.25, 0.3) is 11.1 Å². The Balaban J connectivity index is 1.98. The highest BCUT2D eigenvalue weighted by Crippen LogP contribution is 2.31. The lowest BCUT2D eigenvalue weighted by Gasteiger charge is -2.30. The number of anilines is 2. The zero-order chi connectivity index (χ0) is 17.1. The molecule has 122 valence electrons. The molecule has 0 unspecified atom stereocenters. The summed E-state index contributed by atoms with van der Waals surface area (Å²) in [6.07, 6.45) is 0. The molecule has 24 heavy (non-hydrogen) atoms. The highest BCUT2D eigenvalue weighted by molar-refractivity contribution is 5.70.